The molecule has 0 aromatic heterocycles. The van der Waals surface area contributed by atoms with E-state index in [0.717, 1.165) is 45.2 Å². The molecule has 0 saturated carbocycles. The summed E-state index contributed by atoms with van der Waals surface area (Å²) >= 11 is 0. The number of nitrogens with one attached hydrogen (secondary N) is 1. The minimum absolute atomic E-state index is 0.126. The average molecular weight is 244 g/mol. The van der Waals surface area contributed by atoms with E-state index in [4.69, 9.17) is 4.74 Å². The van der Waals surface area contributed by atoms with Crippen molar-refractivity contribution in [2.45, 2.75) is 45.1 Å². The van der Waals surface area contributed by atoms with Gasteiger partial charge in [0.25, 0.3) is 0 Å². The predicted molar refractivity (Wildman–Crippen MR) is 71.1 cm³/mol. The smallest absolute Gasteiger partial charge is 0.322 e. The molecule has 0 rings (SSSR count). The first kappa shape index (κ1) is 16.4. The Morgan fingerprint density at radius 2 is 2.00 bits per heavy atom. The average Bonchev–Trinajstić information content (AvgIpc) is 2.31. The summed E-state index contributed by atoms with van der Waals surface area (Å²) in [5.41, 5.74) is 0. The third kappa shape index (κ3) is 9.12. The molecule has 0 aliphatic heterocycles. The van der Waals surface area contributed by atoms with Gasteiger partial charge in [0.15, 0.2) is 0 Å². The lowest BCUT2D eigenvalue weighted by atomic mass is 10.1. The van der Waals surface area contributed by atoms with Gasteiger partial charge in [-0.25, -0.2) is 0 Å². The maximum Gasteiger partial charge on any atom is 0.322 e. The topological polar surface area (TPSA) is 41.6 Å². The van der Waals surface area contributed by atoms with Gasteiger partial charge in [-0.15, -0.1) is 0 Å². The Balaban J connectivity index is 3.71. The van der Waals surface area contributed by atoms with Crippen molar-refractivity contribution in [3.63, 3.8) is 0 Å². The largest absolute Gasteiger partial charge is 0.468 e. The number of rotatable bonds is 10. The van der Waals surface area contributed by atoms with E-state index in [-0.39, 0.29) is 12.0 Å². The molecule has 1 N–H and O–H groups in total. The Morgan fingerprint density at radius 1 is 1.29 bits per heavy atom. The van der Waals surface area contributed by atoms with Crippen LogP contribution in [0.25, 0.3) is 0 Å². The van der Waals surface area contributed by atoms with Crippen LogP contribution in [0.3, 0.4) is 0 Å². The highest BCUT2D eigenvalue weighted by molar-refractivity contribution is 5.75. The normalized spacial score (nSPS) is 12.8. The third-order valence-corrected chi connectivity index (χ3v) is 2.75. The van der Waals surface area contributed by atoms with Gasteiger partial charge in [-0.05, 0) is 46.4 Å². The number of nitrogens with zero attached hydrogens (tertiary/aromatic N) is 1. The second-order valence-electron chi connectivity index (χ2n) is 4.68. The number of unbranched alkanes of at least 4 members (excludes halogenated alkanes) is 2. The first-order chi connectivity index (χ1) is 8.11. The highest BCUT2D eigenvalue weighted by Gasteiger charge is 2.16. The van der Waals surface area contributed by atoms with Crippen molar-refractivity contribution in [3.05, 3.63) is 0 Å². The van der Waals surface area contributed by atoms with Crippen LogP contribution < -0.4 is 5.32 Å². The Kier molecular flexibility index (Phi) is 10.2. The third-order valence-electron chi connectivity index (χ3n) is 2.75. The van der Waals surface area contributed by atoms with Crippen LogP contribution >= 0.6 is 0 Å². The van der Waals surface area contributed by atoms with Crippen molar-refractivity contribution < 1.29 is 9.53 Å². The quantitative estimate of drug-likeness (QED) is 0.469. The van der Waals surface area contributed by atoms with Gasteiger partial charge in [0.05, 0.1) is 7.11 Å². The highest BCUT2D eigenvalue weighted by atomic mass is 16.5. The molecule has 0 heterocycles. The molecule has 0 radical (unpaired) electrons. The van der Waals surface area contributed by atoms with Crippen LogP contribution in [-0.4, -0.2) is 51.2 Å². The molecule has 1 unspecified atom stereocenters. The number of hydrogen-bond donors (Lipinski definition) is 1. The molecular formula is C13H28N2O2. The maximum absolute atomic E-state index is 11.5. The molecule has 0 saturated heterocycles. The van der Waals surface area contributed by atoms with Crippen LogP contribution in [0.1, 0.15) is 39.0 Å². The fraction of sp³-hybridized carbons (Fsp3) is 0.923. The molecule has 17 heavy (non-hydrogen) atoms. The first-order valence-corrected chi connectivity index (χ1v) is 6.57. The van der Waals surface area contributed by atoms with Gasteiger partial charge in [0.2, 0.25) is 0 Å². The Hall–Kier alpha value is -0.610. The standard InChI is InChI=1S/C13H28N2O2/c1-5-6-9-12(13(16)17-4)14-10-7-8-11-15(2)3/h12,14H,5-11H2,1-4H3. The number of esters is 1. The molecule has 0 fully saturated rings. The highest BCUT2D eigenvalue weighted by Crippen LogP contribution is 2.03. The summed E-state index contributed by atoms with van der Waals surface area (Å²) in [6.45, 7) is 4.11. The van der Waals surface area contributed by atoms with E-state index >= 15 is 0 Å². The van der Waals surface area contributed by atoms with Gasteiger partial charge in [-0.2, -0.15) is 0 Å². The van der Waals surface area contributed by atoms with E-state index in [0.29, 0.717) is 0 Å². The SMILES string of the molecule is CCCCC(NCCCCN(C)C)C(=O)OC. The Labute approximate surface area is 106 Å². The Morgan fingerprint density at radius 3 is 2.53 bits per heavy atom. The van der Waals surface area contributed by atoms with Gasteiger partial charge in [0, 0.05) is 0 Å². The van der Waals surface area contributed by atoms with Gasteiger partial charge in [0.1, 0.15) is 6.04 Å². The molecule has 0 aromatic rings. The van der Waals surface area contributed by atoms with E-state index < -0.39 is 0 Å². The van der Waals surface area contributed by atoms with Crippen LogP contribution in [0.15, 0.2) is 0 Å². The number of hydrogen-bond acceptors (Lipinski definition) is 4. The van der Waals surface area contributed by atoms with Gasteiger partial charge in [-0.1, -0.05) is 19.8 Å². The van der Waals surface area contributed by atoms with E-state index in [9.17, 15) is 4.79 Å². The second-order valence-corrected chi connectivity index (χ2v) is 4.68. The van der Waals surface area contributed by atoms with Gasteiger partial charge >= 0.3 is 5.97 Å². The number of ether oxygens (including phenoxy) is 1. The van der Waals surface area contributed by atoms with Gasteiger partial charge in [-0.3, -0.25) is 4.79 Å². The number of carbonyl (C=O) groups is 1. The lowest BCUT2D eigenvalue weighted by Crippen LogP contribution is -2.38. The summed E-state index contributed by atoms with van der Waals surface area (Å²) in [5.74, 6) is -0.133. The van der Waals surface area contributed by atoms with Crippen LogP contribution in [-0.2, 0) is 9.53 Å². The van der Waals surface area contributed by atoms with Crippen molar-refractivity contribution in [1.29, 1.82) is 0 Å². The summed E-state index contributed by atoms with van der Waals surface area (Å²) in [6, 6.07) is -0.126. The zero-order valence-electron chi connectivity index (χ0n) is 11.8. The molecule has 0 bridgehead atoms. The van der Waals surface area contributed by atoms with E-state index in [2.05, 4.69) is 31.2 Å². The van der Waals surface area contributed by atoms with Crippen molar-refractivity contribution in [2.24, 2.45) is 0 Å². The van der Waals surface area contributed by atoms with Crippen molar-refractivity contribution in [1.82, 2.24) is 10.2 Å². The van der Waals surface area contributed by atoms with Crippen LogP contribution in [0.5, 0.6) is 0 Å². The van der Waals surface area contributed by atoms with Crippen molar-refractivity contribution in [2.75, 3.05) is 34.3 Å². The molecule has 4 heteroatoms. The molecule has 0 aliphatic carbocycles. The minimum atomic E-state index is -0.133. The number of carbonyl (C=O) groups excluding carboxylic acids is 1. The first-order valence-electron chi connectivity index (χ1n) is 6.57. The fourth-order valence-electron chi connectivity index (χ4n) is 1.68. The van der Waals surface area contributed by atoms with E-state index in [1.54, 1.807) is 0 Å². The van der Waals surface area contributed by atoms with Gasteiger partial charge < -0.3 is 15.0 Å². The molecule has 0 aliphatic rings. The van der Waals surface area contributed by atoms with E-state index in [1.807, 2.05) is 0 Å². The number of methoxy groups -OCH3 is 1. The molecule has 4 nitrogen and oxygen atoms in total. The molecule has 0 aromatic carbocycles. The summed E-state index contributed by atoms with van der Waals surface area (Å²) < 4.78 is 4.79. The predicted octanol–water partition coefficient (Wildman–Crippen LogP) is 1.65. The fourth-order valence-corrected chi connectivity index (χ4v) is 1.68. The maximum atomic E-state index is 11.5. The van der Waals surface area contributed by atoms with Crippen molar-refractivity contribution in [3.8, 4) is 0 Å². The molecule has 0 amide bonds. The summed E-state index contributed by atoms with van der Waals surface area (Å²) in [4.78, 5) is 13.7. The minimum Gasteiger partial charge on any atom is -0.468 e. The monoisotopic (exact) mass is 244 g/mol. The second kappa shape index (κ2) is 10.5. The van der Waals surface area contributed by atoms with Crippen LogP contribution in [0.4, 0.5) is 0 Å². The van der Waals surface area contributed by atoms with Crippen LogP contribution in [0, 0.1) is 0 Å². The Bertz CT molecular complexity index is 196. The summed E-state index contributed by atoms with van der Waals surface area (Å²) in [5, 5.41) is 3.29. The molecular weight excluding hydrogens is 216 g/mol. The zero-order valence-corrected chi connectivity index (χ0v) is 11.8. The lowest BCUT2D eigenvalue weighted by molar-refractivity contribution is -0.143. The zero-order chi connectivity index (χ0) is 13.1. The lowest BCUT2D eigenvalue weighted by Gasteiger charge is -2.16. The molecule has 0 spiro atoms. The summed E-state index contributed by atoms with van der Waals surface area (Å²) in [7, 11) is 5.60. The molecule has 102 valence electrons. The van der Waals surface area contributed by atoms with Crippen LogP contribution in [0.2, 0.25) is 0 Å². The summed E-state index contributed by atoms with van der Waals surface area (Å²) in [6.07, 6.45) is 5.29. The van der Waals surface area contributed by atoms with E-state index in [1.165, 1.54) is 7.11 Å². The molecule has 1 atom stereocenters. The van der Waals surface area contributed by atoms with Crippen molar-refractivity contribution >= 4 is 5.97 Å².